The van der Waals surface area contributed by atoms with Crippen LogP contribution < -0.4 is 5.32 Å². The summed E-state index contributed by atoms with van der Waals surface area (Å²) in [5.41, 5.74) is 3.09. The lowest BCUT2D eigenvalue weighted by Crippen LogP contribution is -2.38. The van der Waals surface area contributed by atoms with Gasteiger partial charge in [0.05, 0.1) is 0 Å². The number of hydrogen-bond acceptors (Lipinski definition) is 2. The summed E-state index contributed by atoms with van der Waals surface area (Å²) in [4.78, 5) is 13.8. The molecule has 86 valence electrons. The molecule has 0 saturated heterocycles. The third kappa shape index (κ3) is 1.90. The van der Waals surface area contributed by atoms with E-state index in [0.717, 1.165) is 24.2 Å². The predicted molar refractivity (Wildman–Crippen MR) is 64.0 cm³/mol. The van der Waals surface area contributed by atoms with E-state index in [9.17, 15) is 4.79 Å². The predicted octanol–water partition coefficient (Wildman–Crippen LogP) is 2.50. The van der Waals surface area contributed by atoms with Crippen molar-refractivity contribution >= 4 is 5.91 Å². The van der Waals surface area contributed by atoms with Crippen molar-refractivity contribution in [3.05, 3.63) is 35.4 Å². The Morgan fingerprint density at radius 2 is 2.19 bits per heavy atom. The summed E-state index contributed by atoms with van der Waals surface area (Å²) < 4.78 is 0. The lowest BCUT2D eigenvalue weighted by molar-refractivity contribution is -0.118. The molecular weight excluding hydrogens is 200 g/mol. The van der Waals surface area contributed by atoms with Gasteiger partial charge in [0.2, 0.25) is 0 Å². The molecule has 2 rings (SSSR count). The third-order valence-electron chi connectivity index (χ3n) is 3.00. The molecule has 0 fully saturated rings. The fraction of sp³-hybridized carbons (Fsp3) is 0.462. The van der Waals surface area contributed by atoms with Crippen LogP contribution in [0.3, 0.4) is 0 Å². The summed E-state index contributed by atoms with van der Waals surface area (Å²) >= 11 is 0. The first-order chi connectivity index (χ1) is 7.61. The van der Waals surface area contributed by atoms with Crippen molar-refractivity contribution in [3.8, 4) is 0 Å². The maximum Gasteiger partial charge on any atom is 0.272 e. The third-order valence-corrected chi connectivity index (χ3v) is 3.00. The normalized spacial score (nSPS) is 19.9. The molecule has 0 atom stereocenters. The molecular formula is C13H18N2O. The maximum absolute atomic E-state index is 11.8. The van der Waals surface area contributed by atoms with E-state index in [-0.39, 0.29) is 5.91 Å². The van der Waals surface area contributed by atoms with E-state index >= 15 is 0 Å². The second-order valence-electron chi connectivity index (χ2n) is 4.53. The van der Waals surface area contributed by atoms with E-state index in [1.807, 2.05) is 17.2 Å². The minimum Gasteiger partial charge on any atom is -0.323 e. The smallest absolute Gasteiger partial charge is 0.272 e. The van der Waals surface area contributed by atoms with Crippen molar-refractivity contribution in [1.29, 1.82) is 0 Å². The Labute approximate surface area is 96.5 Å². The molecule has 3 heteroatoms. The Bertz CT molecular complexity index is 402. The molecule has 0 bridgehead atoms. The zero-order chi connectivity index (χ0) is 11.7. The van der Waals surface area contributed by atoms with Crippen LogP contribution in [-0.2, 0) is 4.79 Å². The lowest BCUT2D eigenvalue weighted by atomic mass is 10.0. The van der Waals surface area contributed by atoms with Crippen LogP contribution in [0.5, 0.6) is 0 Å². The van der Waals surface area contributed by atoms with E-state index in [1.165, 1.54) is 5.57 Å². The van der Waals surface area contributed by atoms with Gasteiger partial charge >= 0.3 is 0 Å². The van der Waals surface area contributed by atoms with E-state index in [1.54, 1.807) is 0 Å². The van der Waals surface area contributed by atoms with Crippen molar-refractivity contribution in [3.63, 3.8) is 0 Å². The molecule has 0 spiro atoms. The van der Waals surface area contributed by atoms with E-state index in [2.05, 4.69) is 32.3 Å². The van der Waals surface area contributed by atoms with Crippen molar-refractivity contribution in [2.75, 3.05) is 0 Å². The molecule has 16 heavy (non-hydrogen) atoms. The van der Waals surface area contributed by atoms with E-state index in [4.69, 9.17) is 0 Å². The molecule has 0 radical (unpaired) electrons. The highest BCUT2D eigenvalue weighted by atomic mass is 16.2. The Kier molecular flexibility index (Phi) is 2.86. The Morgan fingerprint density at radius 1 is 1.44 bits per heavy atom. The van der Waals surface area contributed by atoms with Crippen LogP contribution in [0.2, 0.25) is 0 Å². The summed E-state index contributed by atoms with van der Waals surface area (Å²) in [6.07, 6.45) is 8.03. The zero-order valence-electron chi connectivity index (χ0n) is 10.1. The Hall–Kier alpha value is -1.51. The monoisotopic (exact) mass is 218 g/mol. The average molecular weight is 218 g/mol. The largest absolute Gasteiger partial charge is 0.323 e. The standard InChI is InChI=1S/C13H18N2O/c1-4-10-5-6-12-13(16)14-11(9(2)3)8-15(12)7-10/h6-9H,4-5H2,1-3H3,(H,14,16). The molecule has 3 nitrogen and oxygen atoms in total. The number of amides is 1. The number of rotatable bonds is 2. The minimum absolute atomic E-state index is 0.0117. The van der Waals surface area contributed by atoms with Crippen molar-refractivity contribution < 1.29 is 4.79 Å². The molecule has 0 aromatic rings. The van der Waals surface area contributed by atoms with Gasteiger partial charge in [-0.3, -0.25) is 4.79 Å². The topological polar surface area (TPSA) is 32.3 Å². The zero-order valence-corrected chi connectivity index (χ0v) is 10.1. The van der Waals surface area contributed by atoms with Crippen LogP contribution in [0.25, 0.3) is 0 Å². The van der Waals surface area contributed by atoms with Crippen molar-refractivity contribution in [2.24, 2.45) is 5.92 Å². The number of nitrogens with zero attached hydrogens (tertiary/aromatic N) is 1. The summed E-state index contributed by atoms with van der Waals surface area (Å²) in [6.45, 7) is 6.30. The number of allylic oxidation sites excluding steroid dienone is 3. The van der Waals surface area contributed by atoms with Crippen LogP contribution in [0, 0.1) is 5.92 Å². The summed E-state index contributed by atoms with van der Waals surface area (Å²) in [6, 6.07) is 0. The first-order valence-corrected chi connectivity index (χ1v) is 5.83. The Morgan fingerprint density at radius 3 is 2.81 bits per heavy atom. The van der Waals surface area contributed by atoms with E-state index < -0.39 is 0 Å². The van der Waals surface area contributed by atoms with Gasteiger partial charge in [-0.05, 0) is 24.3 Å². The summed E-state index contributed by atoms with van der Waals surface area (Å²) in [5, 5.41) is 2.93. The van der Waals surface area contributed by atoms with Gasteiger partial charge < -0.3 is 10.2 Å². The van der Waals surface area contributed by atoms with Crippen molar-refractivity contribution in [2.45, 2.75) is 33.6 Å². The molecule has 1 amide bonds. The number of fused-ring (bicyclic) bond motifs is 1. The van der Waals surface area contributed by atoms with Crippen LogP contribution in [-0.4, -0.2) is 10.8 Å². The van der Waals surface area contributed by atoms with Crippen molar-refractivity contribution in [1.82, 2.24) is 10.2 Å². The SMILES string of the molecule is CCC1=CN2C=C(C(C)C)NC(=O)C2=CC1. The molecule has 2 heterocycles. The molecule has 0 unspecified atom stereocenters. The van der Waals surface area contributed by atoms with Crippen LogP contribution in [0.4, 0.5) is 0 Å². The first-order valence-electron chi connectivity index (χ1n) is 5.83. The highest BCUT2D eigenvalue weighted by Gasteiger charge is 2.25. The number of carbonyl (C=O) groups excluding carboxylic acids is 1. The molecule has 0 saturated carbocycles. The lowest BCUT2D eigenvalue weighted by Gasteiger charge is -2.31. The molecule has 0 aromatic carbocycles. The minimum atomic E-state index is 0.0117. The highest BCUT2D eigenvalue weighted by molar-refractivity contribution is 5.95. The fourth-order valence-corrected chi connectivity index (χ4v) is 1.88. The van der Waals surface area contributed by atoms with Crippen LogP contribution >= 0.6 is 0 Å². The van der Waals surface area contributed by atoms with Gasteiger partial charge in [-0.1, -0.05) is 26.8 Å². The Balaban J connectivity index is 2.32. The maximum atomic E-state index is 11.8. The number of hydrogen-bond donors (Lipinski definition) is 1. The molecule has 0 aliphatic carbocycles. The van der Waals surface area contributed by atoms with Gasteiger partial charge in [-0.15, -0.1) is 0 Å². The second kappa shape index (κ2) is 4.16. The number of carbonyl (C=O) groups is 1. The van der Waals surface area contributed by atoms with Gasteiger partial charge in [-0.2, -0.15) is 0 Å². The van der Waals surface area contributed by atoms with Gasteiger partial charge in [0.25, 0.3) is 5.91 Å². The van der Waals surface area contributed by atoms with Crippen LogP contribution in [0.15, 0.2) is 35.4 Å². The quantitative estimate of drug-likeness (QED) is 0.772. The fourth-order valence-electron chi connectivity index (χ4n) is 1.88. The number of nitrogens with one attached hydrogen (secondary N) is 1. The highest BCUT2D eigenvalue weighted by Crippen LogP contribution is 2.25. The summed E-state index contributed by atoms with van der Waals surface area (Å²) in [7, 11) is 0. The van der Waals surface area contributed by atoms with E-state index in [0.29, 0.717) is 5.92 Å². The van der Waals surface area contributed by atoms with Crippen LogP contribution in [0.1, 0.15) is 33.6 Å². The van der Waals surface area contributed by atoms with Gasteiger partial charge in [-0.25, -0.2) is 0 Å². The first kappa shape index (κ1) is 11.0. The molecule has 1 N–H and O–H groups in total. The average Bonchev–Trinajstić information content (AvgIpc) is 2.28. The second-order valence-corrected chi connectivity index (χ2v) is 4.53. The molecule has 0 aromatic heterocycles. The molecule has 2 aliphatic rings. The van der Waals surface area contributed by atoms with Gasteiger partial charge in [0.1, 0.15) is 5.70 Å². The molecule has 2 aliphatic heterocycles. The van der Waals surface area contributed by atoms with Gasteiger partial charge in [0.15, 0.2) is 0 Å². The summed E-state index contributed by atoms with van der Waals surface area (Å²) in [5.74, 6) is 0.350. The van der Waals surface area contributed by atoms with Gasteiger partial charge in [0, 0.05) is 18.1 Å².